The molecule has 2 aliphatic heterocycles. The number of anilines is 2. The maximum Gasteiger partial charge on any atom is 0.409 e. The lowest BCUT2D eigenvalue weighted by Crippen LogP contribution is -2.47. The van der Waals surface area contributed by atoms with Gasteiger partial charge in [0.15, 0.2) is 34.9 Å². The molecule has 2 atom stereocenters. The summed E-state index contributed by atoms with van der Waals surface area (Å²) in [6.07, 6.45) is 14.1. The number of H-pyrrole nitrogens is 2. The summed E-state index contributed by atoms with van der Waals surface area (Å²) in [5, 5.41) is 8.58. The molecule has 0 aromatic carbocycles. The molecule has 8 heterocycles. The Hall–Kier alpha value is -5.68. The SMILES string of the molecule is CC(=O)N1CCCC[C@@H]1CNc1nc(-c2c[nH]c3ncc(Cl)cc23)ncc1F.COC(=O)N1CCCC[C@H]1CNc1nc(-c2c[nH]c3ncc(Cl)cc23)ncc1F. The predicted octanol–water partition coefficient (Wildman–Crippen LogP) is 7.47. The van der Waals surface area contributed by atoms with Gasteiger partial charge in [-0.25, -0.2) is 43.5 Å². The summed E-state index contributed by atoms with van der Waals surface area (Å²) < 4.78 is 33.5. The molecule has 0 aliphatic carbocycles. The first-order valence-electron chi connectivity index (χ1n) is 18.5. The summed E-state index contributed by atoms with van der Waals surface area (Å²) in [5.74, 6) is -0.157. The first-order valence-corrected chi connectivity index (χ1v) is 19.3. The van der Waals surface area contributed by atoms with E-state index in [0.717, 1.165) is 68.2 Å². The van der Waals surface area contributed by atoms with Crippen LogP contribution in [0.1, 0.15) is 45.4 Å². The Kier molecular flexibility index (Phi) is 12.2. The number of fused-ring (bicyclic) bond motifs is 2. The van der Waals surface area contributed by atoms with Crippen molar-refractivity contribution in [2.24, 2.45) is 0 Å². The number of amides is 2. The first kappa shape index (κ1) is 39.6. The van der Waals surface area contributed by atoms with Crippen LogP contribution in [0.5, 0.6) is 0 Å². The Morgan fingerprint density at radius 2 is 1.23 bits per heavy atom. The number of hydrogen-bond donors (Lipinski definition) is 4. The lowest BCUT2D eigenvalue weighted by molar-refractivity contribution is -0.132. The number of nitrogens with zero attached hydrogens (tertiary/aromatic N) is 8. The number of rotatable bonds is 8. The minimum Gasteiger partial charge on any atom is -0.453 e. The van der Waals surface area contributed by atoms with Crippen LogP contribution < -0.4 is 10.6 Å². The zero-order valence-electron chi connectivity index (χ0n) is 31.2. The van der Waals surface area contributed by atoms with E-state index in [9.17, 15) is 18.4 Å². The highest BCUT2D eigenvalue weighted by Crippen LogP contribution is 2.30. The lowest BCUT2D eigenvalue weighted by Gasteiger charge is -2.35. The van der Waals surface area contributed by atoms with Gasteiger partial charge in [0.25, 0.3) is 0 Å². The van der Waals surface area contributed by atoms with Crippen molar-refractivity contribution in [1.82, 2.24) is 49.7 Å². The molecule has 6 aromatic rings. The second kappa shape index (κ2) is 17.6. The van der Waals surface area contributed by atoms with Gasteiger partial charge in [-0.3, -0.25) is 4.79 Å². The third-order valence-corrected chi connectivity index (χ3v) is 10.5. The molecular formula is C38H40Cl2F2N12O3. The summed E-state index contributed by atoms with van der Waals surface area (Å²) in [7, 11) is 1.36. The summed E-state index contributed by atoms with van der Waals surface area (Å²) >= 11 is 12.1. The second-order valence-electron chi connectivity index (χ2n) is 13.7. The Morgan fingerprint density at radius 1 is 0.754 bits per heavy atom. The average molecular weight is 822 g/mol. The fourth-order valence-corrected chi connectivity index (χ4v) is 7.51. The van der Waals surface area contributed by atoms with Crippen molar-refractivity contribution < 1.29 is 23.1 Å². The number of pyridine rings is 2. The van der Waals surface area contributed by atoms with Crippen molar-refractivity contribution in [2.75, 3.05) is 43.9 Å². The summed E-state index contributed by atoms with van der Waals surface area (Å²) in [6, 6.07) is 3.46. The number of methoxy groups -OCH3 is 1. The van der Waals surface area contributed by atoms with Crippen LogP contribution in [0.4, 0.5) is 25.2 Å². The van der Waals surface area contributed by atoms with E-state index in [2.05, 4.69) is 50.5 Å². The molecule has 19 heteroatoms. The van der Waals surface area contributed by atoms with Crippen LogP contribution in [-0.2, 0) is 9.53 Å². The van der Waals surface area contributed by atoms with Gasteiger partial charge in [-0.15, -0.1) is 0 Å². The number of ether oxygens (including phenoxy) is 1. The van der Waals surface area contributed by atoms with Gasteiger partial charge in [-0.1, -0.05) is 23.2 Å². The average Bonchev–Trinajstić information content (AvgIpc) is 3.84. The third kappa shape index (κ3) is 8.99. The van der Waals surface area contributed by atoms with E-state index >= 15 is 0 Å². The van der Waals surface area contributed by atoms with E-state index in [-0.39, 0.29) is 35.7 Å². The van der Waals surface area contributed by atoms with Gasteiger partial charge < -0.3 is 35.1 Å². The number of piperidine rings is 2. The highest BCUT2D eigenvalue weighted by molar-refractivity contribution is 6.31. The predicted molar refractivity (Wildman–Crippen MR) is 213 cm³/mol. The number of aromatic amines is 2. The molecule has 2 aliphatic rings. The number of carbonyl (C=O) groups excluding carboxylic acids is 2. The van der Waals surface area contributed by atoms with Crippen LogP contribution in [0.3, 0.4) is 0 Å². The quantitative estimate of drug-likeness (QED) is 0.120. The summed E-state index contributed by atoms with van der Waals surface area (Å²) in [6.45, 7) is 3.73. The Morgan fingerprint density at radius 3 is 1.70 bits per heavy atom. The number of halogens is 4. The number of carbonyl (C=O) groups is 2. The Bertz CT molecular complexity index is 2390. The van der Waals surface area contributed by atoms with E-state index in [4.69, 9.17) is 27.9 Å². The van der Waals surface area contributed by atoms with Gasteiger partial charge in [-0.2, -0.15) is 0 Å². The highest BCUT2D eigenvalue weighted by Gasteiger charge is 2.28. The fourth-order valence-electron chi connectivity index (χ4n) is 7.19. The molecule has 0 unspecified atom stereocenters. The van der Waals surface area contributed by atoms with E-state index in [0.29, 0.717) is 63.7 Å². The summed E-state index contributed by atoms with van der Waals surface area (Å²) in [4.78, 5) is 58.8. The molecule has 2 saturated heterocycles. The summed E-state index contributed by atoms with van der Waals surface area (Å²) in [5.41, 5.74) is 2.66. The van der Waals surface area contributed by atoms with Gasteiger partial charge in [0.05, 0.1) is 35.6 Å². The first-order chi connectivity index (χ1) is 27.6. The van der Waals surface area contributed by atoms with Crippen LogP contribution in [-0.4, -0.2) is 107 Å². The van der Waals surface area contributed by atoms with Crippen LogP contribution in [0.25, 0.3) is 44.8 Å². The van der Waals surface area contributed by atoms with Crippen LogP contribution in [0.2, 0.25) is 10.0 Å². The molecule has 15 nitrogen and oxygen atoms in total. The molecule has 8 rings (SSSR count). The zero-order chi connectivity index (χ0) is 40.1. The van der Waals surface area contributed by atoms with Crippen molar-refractivity contribution in [3.63, 3.8) is 0 Å². The molecule has 298 valence electrons. The second-order valence-corrected chi connectivity index (χ2v) is 14.6. The van der Waals surface area contributed by atoms with E-state index in [1.807, 2.05) is 4.90 Å². The normalized spacial score (nSPS) is 16.9. The van der Waals surface area contributed by atoms with E-state index in [1.54, 1.807) is 48.7 Å². The molecule has 2 fully saturated rings. The number of likely N-dealkylation sites (tertiary alicyclic amines) is 2. The minimum atomic E-state index is -0.565. The van der Waals surface area contributed by atoms with Crippen molar-refractivity contribution in [3.8, 4) is 22.8 Å². The number of hydrogen-bond acceptors (Lipinski definition) is 11. The molecule has 0 radical (unpaired) electrons. The topological polar surface area (TPSA) is 183 Å². The number of aromatic nitrogens is 8. The van der Waals surface area contributed by atoms with Crippen molar-refractivity contribution in [3.05, 3.63) is 71.0 Å². The van der Waals surface area contributed by atoms with Gasteiger partial charge in [0.2, 0.25) is 5.91 Å². The molecule has 0 spiro atoms. The van der Waals surface area contributed by atoms with E-state index in [1.165, 1.54) is 7.11 Å². The van der Waals surface area contributed by atoms with Crippen LogP contribution in [0.15, 0.2) is 49.3 Å². The molecule has 0 bridgehead atoms. The Balaban J connectivity index is 0.000000174. The van der Waals surface area contributed by atoms with E-state index < -0.39 is 11.6 Å². The Labute approximate surface area is 336 Å². The molecular weight excluding hydrogens is 781 g/mol. The van der Waals surface area contributed by atoms with Gasteiger partial charge >= 0.3 is 6.09 Å². The van der Waals surface area contributed by atoms with Gasteiger partial charge in [-0.05, 0) is 50.7 Å². The van der Waals surface area contributed by atoms with Crippen molar-refractivity contribution >= 4 is 68.9 Å². The highest BCUT2D eigenvalue weighted by atomic mass is 35.5. The maximum absolute atomic E-state index is 14.3. The molecule has 4 N–H and O–H groups in total. The fraction of sp³-hybridized carbons (Fsp3) is 0.368. The molecule has 57 heavy (non-hydrogen) atoms. The molecule has 2 amide bonds. The number of nitrogens with one attached hydrogen (secondary N) is 4. The third-order valence-electron chi connectivity index (χ3n) is 10.0. The largest absolute Gasteiger partial charge is 0.453 e. The molecule has 6 aromatic heterocycles. The molecule has 0 saturated carbocycles. The zero-order valence-corrected chi connectivity index (χ0v) is 32.7. The van der Waals surface area contributed by atoms with Gasteiger partial charge in [0.1, 0.15) is 11.3 Å². The minimum absolute atomic E-state index is 0.0279. The maximum atomic E-state index is 14.3. The van der Waals surface area contributed by atoms with Crippen LogP contribution >= 0.6 is 23.2 Å². The van der Waals surface area contributed by atoms with Crippen LogP contribution in [0, 0.1) is 11.6 Å². The van der Waals surface area contributed by atoms with Crippen molar-refractivity contribution in [1.29, 1.82) is 0 Å². The standard InChI is InChI=1S/C19H20ClFN6O2.C19H20ClFN6O/c1-29-19(28)27-5-3-2-4-12(27)8-23-18-15(21)10-25-17(26-18)14-9-24-16-13(14)6-11(20)7-22-16;1-11(28)27-5-3-2-4-13(27)8-23-19-16(21)10-25-18(26-19)15-9-24-17-14(15)6-12(20)7-22-17/h6-7,9-10,12H,2-5,8H2,1H3,(H,22,24)(H,23,25,26);6-7,9-10,13H,2-5,8H2,1H3,(H,22,24)(H,23,25,26)/t12-;13-/m01/s1. The van der Waals surface area contributed by atoms with Crippen molar-refractivity contribution in [2.45, 2.75) is 57.5 Å². The lowest BCUT2D eigenvalue weighted by atomic mass is 10.0. The monoisotopic (exact) mass is 820 g/mol. The smallest absolute Gasteiger partial charge is 0.409 e. The van der Waals surface area contributed by atoms with Gasteiger partial charge in [0, 0.05) is 85.8 Å².